The third-order valence-electron chi connectivity index (χ3n) is 12.9. The Labute approximate surface area is 417 Å². The molecule has 0 unspecified atom stereocenters. The number of hydrogen-bond donors (Lipinski definition) is 0. The van der Waals surface area contributed by atoms with E-state index in [1.54, 1.807) is 28.4 Å². The molecule has 0 radical (unpaired) electrons. The maximum Gasteiger partial charge on any atom is 0.341 e. The van der Waals surface area contributed by atoms with Gasteiger partial charge in [-0.1, -0.05) is 147 Å². The molecule has 1 fully saturated rings. The SMILES string of the molecule is COc1ccc(C2(c3ccc(OC)cc3)C(=[N+]=C(c3ccc(Cl)cc3)c3ccc(Cl)cc3)C(c3ccc(OC)cc3)(c3ccc(OC)cc3)C2[N-]C(c2ccc(Cl)cc2)c2ccc(Cl)cc2)cc1. The number of ether oxygens (including phenoxy) is 4. The normalized spacial score (nSPS) is 14.7. The summed E-state index contributed by atoms with van der Waals surface area (Å²) in [6, 6.07) is 63.1. The van der Waals surface area contributed by atoms with E-state index in [9.17, 15) is 0 Å². The van der Waals surface area contributed by atoms with Crippen LogP contribution in [0.25, 0.3) is 5.32 Å². The Kier molecular flexibility index (Phi) is 13.7. The van der Waals surface area contributed by atoms with Gasteiger partial charge in [0.25, 0.3) is 0 Å². The molecule has 0 spiro atoms. The lowest BCUT2D eigenvalue weighted by Gasteiger charge is -2.66. The van der Waals surface area contributed by atoms with Crippen molar-refractivity contribution in [2.75, 3.05) is 28.4 Å². The molecule has 0 aromatic heterocycles. The van der Waals surface area contributed by atoms with Crippen LogP contribution < -0.4 is 23.6 Å². The fraction of sp³-hybridized carbons (Fsp3) is 0.138. The Hall–Kier alpha value is -6.47. The van der Waals surface area contributed by atoms with Gasteiger partial charge in [0.15, 0.2) is 0 Å². The lowest BCUT2D eigenvalue weighted by molar-refractivity contribution is 0.346. The van der Waals surface area contributed by atoms with E-state index < -0.39 is 22.9 Å². The molecule has 340 valence electrons. The summed E-state index contributed by atoms with van der Waals surface area (Å²) < 4.78 is 29.3. The van der Waals surface area contributed by atoms with Crippen LogP contribution in [-0.2, 0) is 10.8 Å². The van der Waals surface area contributed by atoms with Crippen LogP contribution in [0.4, 0.5) is 0 Å². The highest BCUT2D eigenvalue weighted by Gasteiger charge is 2.74. The Balaban J connectivity index is 1.52. The van der Waals surface area contributed by atoms with Gasteiger partial charge in [-0.25, -0.2) is 0 Å². The van der Waals surface area contributed by atoms with E-state index in [0.717, 1.165) is 50.2 Å². The van der Waals surface area contributed by atoms with Crippen molar-refractivity contribution in [1.29, 1.82) is 0 Å². The van der Waals surface area contributed by atoms with Crippen molar-refractivity contribution < 1.29 is 18.9 Å². The minimum atomic E-state index is -1.10. The fourth-order valence-corrected chi connectivity index (χ4v) is 10.1. The number of methoxy groups -OCH3 is 4. The zero-order valence-electron chi connectivity index (χ0n) is 37.7. The first-order chi connectivity index (χ1) is 33.1. The number of rotatable bonds is 14. The van der Waals surface area contributed by atoms with Crippen LogP contribution >= 0.6 is 46.4 Å². The van der Waals surface area contributed by atoms with Crippen molar-refractivity contribution in [1.82, 2.24) is 4.67 Å². The molecule has 0 aliphatic heterocycles. The van der Waals surface area contributed by atoms with Gasteiger partial charge in [0, 0.05) is 20.1 Å². The van der Waals surface area contributed by atoms with Crippen molar-refractivity contribution >= 4 is 57.8 Å². The van der Waals surface area contributed by atoms with Gasteiger partial charge in [0.2, 0.25) is 0 Å². The van der Waals surface area contributed by atoms with Crippen LogP contribution in [0.3, 0.4) is 0 Å². The minimum absolute atomic E-state index is 0.529. The molecule has 10 heteroatoms. The van der Waals surface area contributed by atoms with E-state index in [4.69, 9.17) is 75.3 Å². The zero-order chi connectivity index (χ0) is 47.4. The van der Waals surface area contributed by atoms with Gasteiger partial charge in [-0.15, -0.1) is 0 Å². The van der Waals surface area contributed by atoms with E-state index in [1.165, 1.54) is 0 Å². The molecule has 0 atom stereocenters. The summed E-state index contributed by atoms with van der Waals surface area (Å²) in [7, 11) is 6.68. The molecule has 0 bridgehead atoms. The quantitative estimate of drug-likeness (QED) is 0.0804. The lowest BCUT2D eigenvalue weighted by Crippen LogP contribution is -2.76. The van der Waals surface area contributed by atoms with Gasteiger partial charge in [-0.2, -0.15) is 0 Å². The molecule has 1 aliphatic rings. The van der Waals surface area contributed by atoms with Crippen LogP contribution in [0, 0.1) is 0 Å². The van der Waals surface area contributed by atoms with E-state index in [1.807, 2.05) is 146 Å². The molecule has 9 rings (SSSR count). The molecule has 6 nitrogen and oxygen atoms in total. The highest BCUT2D eigenvalue weighted by molar-refractivity contribution is 6.32. The predicted octanol–water partition coefficient (Wildman–Crippen LogP) is 14.2. The largest absolute Gasteiger partial charge is 0.646 e. The topological polar surface area (TPSA) is 65.1 Å². The summed E-state index contributed by atoms with van der Waals surface area (Å²) in [4.78, 5) is 0. The van der Waals surface area contributed by atoms with Gasteiger partial charge in [0.1, 0.15) is 33.8 Å². The second-order valence-corrected chi connectivity index (χ2v) is 18.2. The fourth-order valence-electron chi connectivity index (χ4n) is 9.57. The van der Waals surface area contributed by atoms with Gasteiger partial charge in [-0.05, 0) is 144 Å². The molecule has 0 amide bonds. The summed E-state index contributed by atoms with van der Waals surface area (Å²) in [6.45, 7) is 0. The maximum absolute atomic E-state index is 6.60. The Morgan fingerprint density at radius 3 is 0.926 bits per heavy atom. The summed E-state index contributed by atoms with van der Waals surface area (Å²) >= 11 is 26.4. The van der Waals surface area contributed by atoms with Crippen molar-refractivity contribution in [2.24, 2.45) is 0 Å². The van der Waals surface area contributed by atoms with E-state index in [2.05, 4.69) is 48.5 Å². The second-order valence-electron chi connectivity index (χ2n) is 16.4. The van der Waals surface area contributed by atoms with Crippen molar-refractivity contribution in [2.45, 2.75) is 22.9 Å². The average molecular weight is 977 g/mol. The van der Waals surface area contributed by atoms with Gasteiger partial charge >= 0.3 is 11.4 Å². The summed E-state index contributed by atoms with van der Waals surface area (Å²) in [5.41, 5.74) is 6.63. The number of nitrogens with zero attached hydrogens (tertiary/aromatic N) is 2. The monoisotopic (exact) mass is 974 g/mol. The van der Waals surface area contributed by atoms with E-state index >= 15 is 0 Å². The highest BCUT2D eigenvalue weighted by Crippen LogP contribution is 2.64. The Morgan fingerprint density at radius 1 is 0.397 bits per heavy atom. The van der Waals surface area contributed by atoms with Gasteiger partial charge in [-0.3, -0.25) is 0 Å². The summed E-state index contributed by atoms with van der Waals surface area (Å²) in [5.74, 6) is 2.82. The van der Waals surface area contributed by atoms with Gasteiger partial charge in [0.05, 0.1) is 39.6 Å². The van der Waals surface area contributed by atoms with Crippen molar-refractivity contribution in [3.05, 3.63) is 264 Å². The molecular weight excluding hydrogens is 930 g/mol. The molecule has 68 heavy (non-hydrogen) atoms. The lowest BCUT2D eigenvalue weighted by atomic mass is 9.39. The van der Waals surface area contributed by atoms with Crippen LogP contribution in [0.5, 0.6) is 23.0 Å². The Morgan fingerprint density at radius 2 is 0.662 bits per heavy atom. The van der Waals surface area contributed by atoms with Crippen LogP contribution in [-0.4, -0.2) is 45.9 Å². The molecule has 8 aromatic carbocycles. The third kappa shape index (κ3) is 8.65. The molecule has 0 N–H and O–H groups in total. The first-order valence-electron chi connectivity index (χ1n) is 21.9. The average Bonchev–Trinajstić information content (AvgIpc) is 3.38. The van der Waals surface area contributed by atoms with Crippen LogP contribution in [0.15, 0.2) is 194 Å². The minimum Gasteiger partial charge on any atom is -0.646 e. The number of halogens is 4. The summed E-state index contributed by atoms with van der Waals surface area (Å²) in [6.07, 6.45) is 0. The summed E-state index contributed by atoms with van der Waals surface area (Å²) in [5, 5.41) is 8.69. The molecular formula is C58H46Cl4N2O4. The molecule has 0 saturated heterocycles. The van der Waals surface area contributed by atoms with E-state index in [0.29, 0.717) is 48.8 Å². The first-order valence-corrected chi connectivity index (χ1v) is 23.4. The highest BCUT2D eigenvalue weighted by atomic mass is 35.5. The van der Waals surface area contributed by atoms with Crippen molar-refractivity contribution in [3.8, 4) is 23.0 Å². The number of benzene rings is 8. The smallest absolute Gasteiger partial charge is 0.341 e. The van der Waals surface area contributed by atoms with Gasteiger partial charge < -0.3 is 24.3 Å². The molecule has 0 heterocycles. The number of hydrogen-bond acceptors (Lipinski definition) is 4. The molecule has 1 aliphatic carbocycles. The van der Waals surface area contributed by atoms with Crippen LogP contribution in [0.2, 0.25) is 20.1 Å². The third-order valence-corrected chi connectivity index (χ3v) is 13.9. The molecule has 1 saturated carbocycles. The first kappa shape index (κ1) is 46.6. The predicted molar refractivity (Wildman–Crippen MR) is 279 cm³/mol. The van der Waals surface area contributed by atoms with Crippen LogP contribution in [0.1, 0.15) is 50.5 Å². The van der Waals surface area contributed by atoms with E-state index in [-0.39, 0.29) is 0 Å². The maximum atomic E-state index is 6.60. The second kappa shape index (κ2) is 20.0. The zero-order valence-corrected chi connectivity index (χ0v) is 40.7. The molecule has 8 aromatic rings. The van der Waals surface area contributed by atoms with Crippen molar-refractivity contribution in [3.63, 3.8) is 0 Å². The standard InChI is InChI=1S/C58H46Cl4N2O4/c1-65-49-29-13-41(14-30-49)57(42-15-31-50(66-2)32-16-42)55(63-53(37-5-21-45(59)22-6-37)38-7-23-46(60)24-8-38)58(43-17-33-51(67-3)34-18-43,44-19-35-52(68-4)36-20-44)56(57)64-54(39-9-25-47(61)26-10-39)40-11-27-48(62)28-12-40/h5-36,53,55H,1-4H3. The Bertz CT molecular complexity index is 2770.